The van der Waals surface area contributed by atoms with Crippen LogP contribution in [0.25, 0.3) is 11.7 Å². The average Bonchev–Trinajstić information content (AvgIpc) is 3.16. The predicted octanol–water partition coefficient (Wildman–Crippen LogP) is 3.49. The van der Waals surface area contributed by atoms with Gasteiger partial charge in [-0.1, -0.05) is 30.0 Å². The van der Waals surface area contributed by atoms with Crippen molar-refractivity contribution < 1.29 is 8.83 Å². The van der Waals surface area contributed by atoms with Crippen LogP contribution in [-0.4, -0.2) is 10.2 Å². The summed E-state index contributed by atoms with van der Waals surface area (Å²) in [4.78, 5) is 0. The van der Waals surface area contributed by atoms with E-state index in [-0.39, 0.29) is 0 Å². The fourth-order valence-corrected chi connectivity index (χ4v) is 2.43. The summed E-state index contributed by atoms with van der Waals surface area (Å²) >= 11 is 1.39. The summed E-state index contributed by atoms with van der Waals surface area (Å²) in [7, 11) is 0. The molecule has 0 radical (unpaired) electrons. The summed E-state index contributed by atoms with van der Waals surface area (Å²) in [5.41, 5.74) is 1.60. The number of rotatable bonds is 4. The summed E-state index contributed by atoms with van der Waals surface area (Å²) in [6.07, 6.45) is 1.55. The van der Waals surface area contributed by atoms with Crippen LogP contribution < -0.4 is 0 Å². The van der Waals surface area contributed by atoms with Gasteiger partial charge in [-0.3, -0.25) is 0 Å². The van der Waals surface area contributed by atoms with Crippen molar-refractivity contribution in [1.29, 1.82) is 5.26 Å². The van der Waals surface area contributed by atoms with Crippen molar-refractivity contribution in [3.8, 4) is 17.7 Å². The molecule has 0 bridgehead atoms. The monoisotopic (exact) mass is 283 g/mol. The van der Waals surface area contributed by atoms with Gasteiger partial charge in [-0.25, -0.2) is 0 Å². The van der Waals surface area contributed by atoms with Gasteiger partial charge in [-0.2, -0.15) is 5.26 Å². The number of hydrogen-bond acceptors (Lipinski definition) is 6. The summed E-state index contributed by atoms with van der Waals surface area (Å²) in [6, 6.07) is 13.1. The zero-order valence-electron chi connectivity index (χ0n) is 10.3. The maximum atomic E-state index is 9.02. The van der Waals surface area contributed by atoms with Crippen LogP contribution in [0.2, 0.25) is 0 Å². The molecule has 3 aromatic rings. The summed E-state index contributed by atoms with van der Waals surface area (Å²) in [5.74, 6) is 1.50. The molecule has 0 spiro atoms. The van der Waals surface area contributed by atoms with E-state index in [4.69, 9.17) is 14.1 Å². The number of furan rings is 1. The molecular weight excluding hydrogens is 274 g/mol. The molecular formula is C14H9N3O2S. The van der Waals surface area contributed by atoms with Gasteiger partial charge in [-0.05, 0) is 23.8 Å². The van der Waals surface area contributed by atoms with Gasteiger partial charge < -0.3 is 8.83 Å². The quantitative estimate of drug-likeness (QED) is 0.682. The second-order valence-corrected chi connectivity index (χ2v) is 4.83. The van der Waals surface area contributed by atoms with Crippen molar-refractivity contribution in [3.05, 3.63) is 53.8 Å². The Bertz CT molecular complexity index is 744. The first kappa shape index (κ1) is 12.5. The lowest BCUT2D eigenvalue weighted by Gasteiger charge is -2.00. The first-order chi connectivity index (χ1) is 9.86. The first-order valence-corrected chi connectivity index (χ1v) is 6.83. The van der Waals surface area contributed by atoms with Crippen LogP contribution in [0.3, 0.4) is 0 Å². The third kappa shape index (κ3) is 2.58. The lowest BCUT2D eigenvalue weighted by molar-refractivity contribution is 0.447. The van der Waals surface area contributed by atoms with Crippen LogP contribution in [0.4, 0.5) is 0 Å². The van der Waals surface area contributed by atoms with Gasteiger partial charge >= 0.3 is 0 Å². The average molecular weight is 283 g/mol. The lowest BCUT2D eigenvalue weighted by atomic mass is 10.1. The largest absolute Gasteiger partial charge is 0.459 e. The molecule has 20 heavy (non-hydrogen) atoms. The minimum Gasteiger partial charge on any atom is -0.459 e. The first-order valence-electron chi connectivity index (χ1n) is 5.85. The van der Waals surface area contributed by atoms with Gasteiger partial charge in [-0.15, -0.1) is 10.2 Å². The standard InChI is InChI=1S/C14H9N3O2S/c15-8-10-4-1-2-5-11(10)9-20-14-17-16-13(19-14)12-6-3-7-18-12/h1-7H,9H2. The summed E-state index contributed by atoms with van der Waals surface area (Å²) in [6.45, 7) is 0. The Balaban J connectivity index is 1.72. The molecule has 0 amide bonds. The van der Waals surface area contributed by atoms with Crippen molar-refractivity contribution in [3.63, 3.8) is 0 Å². The molecule has 0 saturated heterocycles. The van der Waals surface area contributed by atoms with Crippen LogP contribution in [0.5, 0.6) is 0 Å². The van der Waals surface area contributed by atoms with Crippen LogP contribution in [0.15, 0.2) is 56.7 Å². The zero-order chi connectivity index (χ0) is 13.8. The minimum absolute atomic E-state index is 0.353. The van der Waals surface area contributed by atoms with E-state index in [0.717, 1.165) is 5.56 Å². The van der Waals surface area contributed by atoms with Gasteiger partial charge in [0, 0.05) is 5.75 Å². The van der Waals surface area contributed by atoms with E-state index in [2.05, 4.69) is 16.3 Å². The van der Waals surface area contributed by atoms with Gasteiger partial charge in [0.15, 0.2) is 5.76 Å². The summed E-state index contributed by atoms with van der Waals surface area (Å²) in [5, 5.41) is 17.3. The fourth-order valence-electron chi connectivity index (χ4n) is 1.66. The van der Waals surface area contributed by atoms with E-state index in [1.54, 1.807) is 24.5 Å². The molecule has 3 rings (SSSR count). The van der Waals surface area contributed by atoms with Gasteiger partial charge in [0.1, 0.15) is 0 Å². The Hall–Kier alpha value is -2.52. The zero-order valence-corrected chi connectivity index (χ0v) is 11.1. The normalized spacial score (nSPS) is 10.3. The van der Waals surface area contributed by atoms with Crippen molar-refractivity contribution in [2.24, 2.45) is 0 Å². The van der Waals surface area contributed by atoms with E-state index in [1.807, 2.05) is 18.2 Å². The number of aromatic nitrogens is 2. The molecule has 0 N–H and O–H groups in total. The van der Waals surface area contributed by atoms with E-state index in [1.165, 1.54) is 11.8 Å². The Morgan fingerprint density at radius 3 is 2.85 bits per heavy atom. The van der Waals surface area contributed by atoms with Gasteiger partial charge in [0.25, 0.3) is 11.1 Å². The fraction of sp³-hybridized carbons (Fsp3) is 0.0714. The highest BCUT2D eigenvalue weighted by Gasteiger charge is 2.11. The molecule has 0 saturated carbocycles. The highest BCUT2D eigenvalue weighted by molar-refractivity contribution is 7.98. The number of hydrogen-bond donors (Lipinski definition) is 0. The summed E-state index contributed by atoms with van der Waals surface area (Å²) < 4.78 is 10.7. The van der Waals surface area contributed by atoms with Gasteiger partial charge in [0.2, 0.25) is 0 Å². The maximum Gasteiger partial charge on any atom is 0.284 e. The van der Waals surface area contributed by atoms with Crippen molar-refractivity contribution in [2.45, 2.75) is 11.0 Å². The topological polar surface area (TPSA) is 75.8 Å². The molecule has 0 unspecified atom stereocenters. The Morgan fingerprint density at radius 2 is 2.05 bits per heavy atom. The smallest absolute Gasteiger partial charge is 0.284 e. The molecule has 0 fully saturated rings. The minimum atomic E-state index is 0.353. The maximum absolute atomic E-state index is 9.02. The number of thioether (sulfide) groups is 1. The van der Waals surface area contributed by atoms with Crippen LogP contribution in [-0.2, 0) is 5.75 Å². The molecule has 6 heteroatoms. The number of benzene rings is 1. The van der Waals surface area contributed by atoms with Crippen LogP contribution >= 0.6 is 11.8 Å². The van der Waals surface area contributed by atoms with E-state index in [0.29, 0.717) is 28.2 Å². The van der Waals surface area contributed by atoms with E-state index >= 15 is 0 Å². The highest BCUT2D eigenvalue weighted by atomic mass is 32.2. The number of nitrogens with zero attached hydrogens (tertiary/aromatic N) is 3. The molecule has 2 aromatic heterocycles. The van der Waals surface area contributed by atoms with Crippen LogP contribution in [0, 0.1) is 11.3 Å². The third-order valence-electron chi connectivity index (χ3n) is 2.63. The molecule has 5 nitrogen and oxygen atoms in total. The SMILES string of the molecule is N#Cc1ccccc1CSc1nnc(-c2ccco2)o1. The Labute approximate surface area is 119 Å². The molecule has 0 atom stereocenters. The Morgan fingerprint density at radius 1 is 1.15 bits per heavy atom. The Kier molecular flexibility index (Phi) is 3.52. The number of nitriles is 1. The highest BCUT2D eigenvalue weighted by Crippen LogP contribution is 2.26. The third-order valence-corrected chi connectivity index (χ3v) is 3.49. The predicted molar refractivity (Wildman–Crippen MR) is 72.7 cm³/mol. The van der Waals surface area contributed by atoms with E-state index in [9.17, 15) is 0 Å². The molecule has 98 valence electrons. The molecule has 0 aliphatic rings. The molecule has 0 aliphatic heterocycles. The van der Waals surface area contributed by atoms with Crippen LogP contribution in [0.1, 0.15) is 11.1 Å². The van der Waals surface area contributed by atoms with Crippen molar-refractivity contribution in [2.75, 3.05) is 0 Å². The molecule has 1 aromatic carbocycles. The lowest BCUT2D eigenvalue weighted by Crippen LogP contribution is -1.86. The molecule has 2 heterocycles. The molecule has 0 aliphatic carbocycles. The van der Waals surface area contributed by atoms with Gasteiger partial charge in [0.05, 0.1) is 17.9 Å². The van der Waals surface area contributed by atoms with Crippen molar-refractivity contribution in [1.82, 2.24) is 10.2 Å². The second kappa shape index (κ2) is 5.63. The van der Waals surface area contributed by atoms with E-state index < -0.39 is 0 Å². The van der Waals surface area contributed by atoms with Crippen molar-refractivity contribution >= 4 is 11.8 Å². The second-order valence-electron chi connectivity index (χ2n) is 3.91.